The molecule has 1 atom stereocenters. The van der Waals surface area contributed by atoms with Crippen LogP contribution in [0.2, 0.25) is 0 Å². The van der Waals surface area contributed by atoms with E-state index in [0.29, 0.717) is 11.4 Å². The van der Waals surface area contributed by atoms with Crippen LogP contribution in [0.15, 0.2) is 79.0 Å². The predicted molar refractivity (Wildman–Crippen MR) is 140 cm³/mol. The first-order chi connectivity index (χ1) is 17.1. The van der Waals surface area contributed by atoms with Crippen molar-refractivity contribution in [1.29, 1.82) is 0 Å². The number of amides is 2. The maximum Gasteiger partial charge on any atom is 0.323 e. The highest BCUT2D eigenvalue weighted by molar-refractivity contribution is 6.01. The van der Waals surface area contributed by atoms with E-state index in [1.807, 2.05) is 79.0 Å². The van der Waals surface area contributed by atoms with Gasteiger partial charge >= 0.3 is 6.03 Å². The number of para-hydroxylation sites is 1. The minimum atomic E-state index is -0.298. The SMILES string of the molecule is CC1CCCN(CCn2ncc3cc(NC(=O)Nc4ccc(Oc5ccccc5)cc4)ccc32)C1. The van der Waals surface area contributed by atoms with Gasteiger partial charge in [-0.25, -0.2) is 4.79 Å². The highest BCUT2D eigenvalue weighted by Crippen LogP contribution is 2.23. The van der Waals surface area contributed by atoms with E-state index in [1.165, 1.54) is 25.9 Å². The summed E-state index contributed by atoms with van der Waals surface area (Å²) in [5, 5.41) is 11.4. The Kier molecular flexibility index (Phi) is 6.95. The topological polar surface area (TPSA) is 71.4 Å². The Bertz CT molecular complexity index is 1270. The normalized spacial score (nSPS) is 16.2. The van der Waals surface area contributed by atoms with Gasteiger partial charge in [0.2, 0.25) is 0 Å². The van der Waals surface area contributed by atoms with Gasteiger partial charge in [-0.3, -0.25) is 4.68 Å². The minimum absolute atomic E-state index is 0.298. The molecule has 0 spiro atoms. The predicted octanol–water partition coefficient (Wildman–Crippen LogP) is 6.20. The molecule has 1 aromatic heterocycles. The average molecular weight is 470 g/mol. The molecule has 7 heteroatoms. The molecule has 2 amide bonds. The lowest BCUT2D eigenvalue weighted by atomic mass is 10.0. The second kappa shape index (κ2) is 10.6. The molecule has 0 bridgehead atoms. The number of benzene rings is 3. The summed E-state index contributed by atoms with van der Waals surface area (Å²) in [7, 11) is 0. The number of ether oxygens (including phenoxy) is 1. The van der Waals surface area contributed by atoms with Crippen LogP contribution in [0.4, 0.5) is 16.2 Å². The molecular formula is C28H31N5O2. The smallest absolute Gasteiger partial charge is 0.323 e. The van der Waals surface area contributed by atoms with Crippen LogP contribution in [-0.2, 0) is 6.54 Å². The quantitative estimate of drug-likeness (QED) is 0.338. The van der Waals surface area contributed by atoms with Gasteiger partial charge in [-0.15, -0.1) is 0 Å². The second-order valence-corrected chi connectivity index (χ2v) is 9.21. The number of nitrogens with zero attached hydrogens (tertiary/aromatic N) is 3. The molecule has 1 fully saturated rings. The zero-order valence-electron chi connectivity index (χ0n) is 20.0. The van der Waals surface area contributed by atoms with Crippen molar-refractivity contribution in [2.75, 3.05) is 30.3 Å². The molecule has 5 rings (SSSR count). The Balaban J connectivity index is 1.15. The number of nitrogens with one attached hydrogen (secondary N) is 2. The van der Waals surface area contributed by atoms with E-state index >= 15 is 0 Å². The Morgan fingerprint density at radius 2 is 1.71 bits per heavy atom. The summed E-state index contributed by atoms with van der Waals surface area (Å²) >= 11 is 0. The lowest BCUT2D eigenvalue weighted by molar-refractivity contribution is 0.177. The van der Waals surface area contributed by atoms with Crippen LogP contribution >= 0.6 is 0 Å². The van der Waals surface area contributed by atoms with Crippen molar-refractivity contribution < 1.29 is 9.53 Å². The van der Waals surface area contributed by atoms with E-state index in [0.717, 1.165) is 41.3 Å². The molecule has 1 aliphatic rings. The van der Waals surface area contributed by atoms with Crippen molar-refractivity contribution in [1.82, 2.24) is 14.7 Å². The van der Waals surface area contributed by atoms with Gasteiger partial charge in [0.1, 0.15) is 11.5 Å². The van der Waals surface area contributed by atoms with E-state index in [2.05, 4.69) is 32.2 Å². The van der Waals surface area contributed by atoms with Crippen LogP contribution in [0.5, 0.6) is 11.5 Å². The first-order valence-electron chi connectivity index (χ1n) is 12.2. The van der Waals surface area contributed by atoms with Gasteiger partial charge in [-0.1, -0.05) is 25.1 Å². The molecule has 3 aromatic carbocycles. The van der Waals surface area contributed by atoms with Crippen LogP contribution in [-0.4, -0.2) is 40.3 Å². The standard InChI is InChI=1S/C28H31N5O2/c1-21-6-5-15-32(20-21)16-17-33-27-14-11-24(18-22(27)19-29-33)31-28(34)30-23-9-12-26(13-10-23)35-25-7-3-2-4-8-25/h2-4,7-14,18-19,21H,5-6,15-17,20H2,1H3,(H2,30,31,34). The second-order valence-electron chi connectivity index (χ2n) is 9.21. The maximum atomic E-state index is 12.5. The number of piperidine rings is 1. The van der Waals surface area contributed by atoms with E-state index in [1.54, 1.807) is 0 Å². The third kappa shape index (κ3) is 6.00. The van der Waals surface area contributed by atoms with Crippen molar-refractivity contribution in [2.24, 2.45) is 5.92 Å². The average Bonchev–Trinajstić information content (AvgIpc) is 3.27. The van der Waals surface area contributed by atoms with Crippen LogP contribution in [0.1, 0.15) is 19.8 Å². The van der Waals surface area contributed by atoms with E-state index in [-0.39, 0.29) is 6.03 Å². The third-order valence-corrected chi connectivity index (χ3v) is 6.36. The number of urea groups is 1. The Hall–Kier alpha value is -3.84. The van der Waals surface area contributed by atoms with Crippen LogP contribution < -0.4 is 15.4 Å². The zero-order valence-corrected chi connectivity index (χ0v) is 20.0. The van der Waals surface area contributed by atoms with Gasteiger partial charge in [0, 0.05) is 29.9 Å². The van der Waals surface area contributed by atoms with Crippen molar-refractivity contribution in [3.05, 3.63) is 79.0 Å². The number of hydrogen-bond donors (Lipinski definition) is 2. The maximum absolute atomic E-state index is 12.5. The molecule has 180 valence electrons. The number of anilines is 2. The third-order valence-electron chi connectivity index (χ3n) is 6.36. The first kappa shape index (κ1) is 22.9. The van der Waals surface area contributed by atoms with Crippen molar-refractivity contribution in [3.63, 3.8) is 0 Å². The zero-order chi connectivity index (χ0) is 24.0. The molecule has 4 aromatic rings. The fraction of sp³-hybridized carbons (Fsp3) is 0.286. The first-order valence-corrected chi connectivity index (χ1v) is 12.2. The molecule has 35 heavy (non-hydrogen) atoms. The van der Waals surface area contributed by atoms with Gasteiger partial charge < -0.3 is 20.3 Å². The number of likely N-dealkylation sites (tertiary alicyclic amines) is 1. The number of carbonyl (C=O) groups excluding carboxylic acids is 1. The molecule has 0 radical (unpaired) electrons. The fourth-order valence-electron chi connectivity index (χ4n) is 4.59. The molecule has 2 N–H and O–H groups in total. The summed E-state index contributed by atoms with van der Waals surface area (Å²) in [6, 6.07) is 22.5. The van der Waals surface area contributed by atoms with Gasteiger partial charge in [0.15, 0.2) is 0 Å². The molecule has 1 unspecified atom stereocenters. The molecule has 2 heterocycles. The largest absolute Gasteiger partial charge is 0.457 e. The van der Waals surface area contributed by atoms with Crippen molar-refractivity contribution in [2.45, 2.75) is 26.3 Å². The molecular weight excluding hydrogens is 438 g/mol. The number of hydrogen-bond acceptors (Lipinski definition) is 4. The van der Waals surface area contributed by atoms with Gasteiger partial charge in [-0.05, 0) is 79.9 Å². The van der Waals surface area contributed by atoms with Gasteiger partial charge in [0.25, 0.3) is 0 Å². The Morgan fingerprint density at radius 1 is 0.971 bits per heavy atom. The molecule has 0 aliphatic carbocycles. The monoisotopic (exact) mass is 469 g/mol. The Labute approximate surface area is 205 Å². The van der Waals surface area contributed by atoms with Crippen LogP contribution in [0, 0.1) is 5.92 Å². The molecule has 1 saturated heterocycles. The summed E-state index contributed by atoms with van der Waals surface area (Å²) in [5.74, 6) is 2.25. The van der Waals surface area contributed by atoms with Crippen molar-refractivity contribution in [3.8, 4) is 11.5 Å². The highest BCUT2D eigenvalue weighted by Gasteiger charge is 2.16. The number of carbonyl (C=O) groups is 1. The summed E-state index contributed by atoms with van der Waals surface area (Å²) < 4.78 is 7.85. The van der Waals surface area contributed by atoms with Crippen LogP contribution in [0.25, 0.3) is 10.9 Å². The Morgan fingerprint density at radius 3 is 2.51 bits per heavy atom. The molecule has 0 saturated carbocycles. The van der Waals surface area contributed by atoms with Crippen molar-refractivity contribution >= 4 is 28.3 Å². The number of fused-ring (bicyclic) bond motifs is 1. The van der Waals surface area contributed by atoms with E-state index < -0.39 is 0 Å². The molecule has 1 aliphatic heterocycles. The van der Waals surface area contributed by atoms with Gasteiger partial charge in [-0.2, -0.15) is 5.10 Å². The van der Waals surface area contributed by atoms with E-state index in [9.17, 15) is 4.79 Å². The minimum Gasteiger partial charge on any atom is -0.457 e. The highest BCUT2D eigenvalue weighted by atomic mass is 16.5. The van der Waals surface area contributed by atoms with E-state index in [4.69, 9.17) is 4.74 Å². The summed E-state index contributed by atoms with van der Waals surface area (Å²) in [6.07, 6.45) is 4.48. The van der Waals surface area contributed by atoms with Gasteiger partial charge in [0.05, 0.1) is 18.3 Å². The summed E-state index contributed by atoms with van der Waals surface area (Å²) in [5.41, 5.74) is 2.49. The number of aromatic nitrogens is 2. The lowest BCUT2D eigenvalue weighted by Crippen LogP contribution is -2.36. The van der Waals surface area contributed by atoms with Crippen LogP contribution in [0.3, 0.4) is 0 Å². The fourth-order valence-corrected chi connectivity index (χ4v) is 4.59. The molecule has 7 nitrogen and oxygen atoms in total. The summed E-state index contributed by atoms with van der Waals surface area (Å²) in [4.78, 5) is 15.1. The summed E-state index contributed by atoms with van der Waals surface area (Å²) in [6.45, 7) is 6.56. The number of rotatable bonds is 7. The lowest BCUT2D eigenvalue weighted by Gasteiger charge is -2.30.